The van der Waals surface area contributed by atoms with E-state index in [4.69, 9.17) is 0 Å². The van der Waals surface area contributed by atoms with Gasteiger partial charge >= 0.3 is 0 Å². The molecule has 8 nitrogen and oxygen atoms in total. The number of amides is 2. The van der Waals surface area contributed by atoms with Crippen molar-refractivity contribution in [3.63, 3.8) is 0 Å². The first-order chi connectivity index (χ1) is 12.4. The van der Waals surface area contributed by atoms with Crippen molar-refractivity contribution in [1.82, 2.24) is 20.4 Å². The Morgan fingerprint density at radius 2 is 1.48 bits per heavy atom. The number of likely N-dealkylation sites (N-methyl/N-ethyl adjacent to an activating group) is 2. The van der Waals surface area contributed by atoms with Gasteiger partial charge in [-0.05, 0) is 49.3 Å². The molecule has 0 spiro atoms. The van der Waals surface area contributed by atoms with E-state index in [1.807, 2.05) is 47.2 Å². The zero-order valence-corrected chi connectivity index (χ0v) is 20.3. The van der Waals surface area contributed by atoms with E-state index in [9.17, 15) is 14.4 Å². The molecule has 0 aromatic carbocycles. The quantitative estimate of drug-likeness (QED) is 0.157. The molecular formula is C17H33IN4O4S. The van der Waals surface area contributed by atoms with Crippen molar-refractivity contribution < 1.29 is 19.1 Å². The van der Waals surface area contributed by atoms with E-state index in [0.717, 1.165) is 0 Å². The lowest BCUT2D eigenvalue weighted by Gasteiger charge is -2.13. The molecule has 0 bridgehead atoms. The van der Waals surface area contributed by atoms with Crippen LogP contribution in [0.3, 0.4) is 0 Å². The fourth-order valence-electron chi connectivity index (χ4n) is 0.826. The predicted molar refractivity (Wildman–Crippen MR) is 124 cm³/mol. The van der Waals surface area contributed by atoms with Gasteiger partial charge in [-0.25, -0.2) is 0 Å². The number of hydrogen-bond acceptors (Lipinski definition) is 7. The fourth-order valence-corrected chi connectivity index (χ4v) is 0.826. The number of halogens is 1. The van der Waals surface area contributed by atoms with Crippen LogP contribution < -0.4 is 10.6 Å². The van der Waals surface area contributed by atoms with Gasteiger partial charge in [0.05, 0.1) is 17.2 Å². The molecule has 0 saturated carbocycles. The van der Waals surface area contributed by atoms with Gasteiger partial charge in [-0.1, -0.05) is 19.7 Å². The Morgan fingerprint density at radius 1 is 1.07 bits per heavy atom. The van der Waals surface area contributed by atoms with Gasteiger partial charge < -0.3 is 25.2 Å². The standard InChI is InChI=1S/C9H15N3O2.C5H8O2.C3H9N.HIS/c1-6(10-3)8(13)11-7(2)9(14)12(4)5;1-5(2)7-4-3-6;1-4(2)3;1-2/h10H,1-2H2,3-5H3,(H,11,13);3H,1,4H2,2H3;1-3H3;2H. The molecule has 27 heavy (non-hydrogen) atoms. The summed E-state index contributed by atoms with van der Waals surface area (Å²) in [5.74, 6) is -0.234. The van der Waals surface area contributed by atoms with Gasteiger partial charge in [0.1, 0.15) is 6.61 Å². The van der Waals surface area contributed by atoms with E-state index in [2.05, 4.69) is 44.9 Å². The van der Waals surface area contributed by atoms with E-state index in [0.29, 0.717) is 12.0 Å². The van der Waals surface area contributed by atoms with Crippen LogP contribution >= 0.6 is 31.0 Å². The molecule has 0 aliphatic rings. The van der Waals surface area contributed by atoms with E-state index in [-0.39, 0.29) is 23.9 Å². The Bertz CT molecular complexity index is 481. The second-order valence-electron chi connectivity index (χ2n) is 5.38. The molecule has 0 fully saturated rings. The molecule has 158 valence electrons. The van der Waals surface area contributed by atoms with Crippen molar-refractivity contribution in [3.05, 3.63) is 36.9 Å². The van der Waals surface area contributed by atoms with Crippen molar-refractivity contribution in [1.29, 1.82) is 0 Å². The minimum absolute atomic E-state index is 0.0244. The van der Waals surface area contributed by atoms with Gasteiger partial charge in [0.25, 0.3) is 11.8 Å². The number of hydrogen-bond donors (Lipinski definition) is 3. The van der Waals surface area contributed by atoms with E-state index >= 15 is 0 Å². The summed E-state index contributed by atoms with van der Waals surface area (Å²) in [6, 6.07) is 0. The van der Waals surface area contributed by atoms with Gasteiger partial charge in [0, 0.05) is 21.1 Å². The zero-order valence-electron chi connectivity index (χ0n) is 17.3. The number of aldehydes is 1. The van der Waals surface area contributed by atoms with Crippen LogP contribution in [0, 0.1) is 0 Å². The topological polar surface area (TPSA) is 91.0 Å². The summed E-state index contributed by atoms with van der Waals surface area (Å²) in [6.45, 7) is 12.1. The largest absolute Gasteiger partial charge is 0.491 e. The molecule has 0 aromatic rings. The summed E-state index contributed by atoms with van der Waals surface area (Å²) in [7, 11) is 14.2. The lowest BCUT2D eigenvalue weighted by Crippen LogP contribution is -2.36. The molecule has 0 saturated heterocycles. The smallest absolute Gasteiger partial charge is 0.271 e. The lowest BCUT2D eigenvalue weighted by molar-refractivity contribution is -0.127. The lowest BCUT2D eigenvalue weighted by atomic mass is 10.4. The Morgan fingerprint density at radius 3 is 1.70 bits per heavy atom. The highest BCUT2D eigenvalue weighted by Crippen LogP contribution is 1.93. The molecule has 0 unspecified atom stereocenters. The predicted octanol–water partition coefficient (Wildman–Crippen LogP) is 1.62. The van der Waals surface area contributed by atoms with Crippen LogP contribution in [0.2, 0.25) is 0 Å². The summed E-state index contributed by atoms with van der Waals surface area (Å²) in [6.07, 6.45) is 0.689. The number of nitrogens with zero attached hydrogens (tertiary/aromatic N) is 2. The minimum atomic E-state index is -0.465. The highest BCUT2D eigenvalue weighted by atomic mass is 127. The Labute approximate surface area is 181 Å². The van der Waals surface area contributed by atoms with Crippen LogP contribution in [0.1, 0.15) is 6.92 Å². The molecule has 0 aromatic heterocycles. The van der Waals surface area contributed by atoms with Crippen LogP contribution in [0.15, 0.2) is 36.9 Å². The first kappa shape index (κ1) is 33.1. The second-order valence-corrected chi connectivity index (χ2v) is 5.38. The Kier molecular flexibility index (Phi) is 27.6. The van der Waals surface area contributed by atoms with Crippen LogP contribution in [-0.4, -0.2) is 76.8 Å². The molecule has 0 heterocycles. The van der Waals surface area contributed by atoms with Crippen molar-refractivity contribution in [2.45, 2.75) is 6.92 Å². The SMILES string of the molecule is C=C(C)OCC=O.C=C(NC)C(=O)NC(=C)C(=O)N(C)C.CN(C)C.SI. The second kappa shape index (κ2) is 22.5. The monoisotopic (exact) mass is 516 g/mol. The van der Waals surface area contributed by atoms with E-state index < -0.39 is 5.91 Å². The van der Waals surface area contributed by atoms with Crippen molar-refractivity contribution >= 4 is 49.1 Å². The maximum Gasteiger partial charge on any atom is 0.271 e. The van der Waals surface area contributed by atoms with Gasteiger partial charge in [-0.2, -0.15) is 0 Å². The number of thiol groups is 1. The van der Waals surface area contributed by atoms with Crippen LogP contribution in [0.25, 0.3) is 0 Å². The molecule has 0 aliphatic heterocycles. The highest BCUT2D eigenvalue weighted by Gasteiger charge is 2.13. The average molecular weight is 516 g/mol. The molecule has 0 aliphatic carbocycles. The third kappa shape index (κ3) is 29.5. The maximum absolute atomic E-state index is 11.3. The Balaban J connectivity index is -0.000000169. The van der Waals surface area contributed by atoms with Crippen LogP contribution in [0.4, 0.5) is 0 Å². The van der Waals surface area contributed by atoms with Crippen molar-refractivity contribution in [3.8, 4) is 0 Å². The number of ether oxygens (including phenoxy) is 1. The Hall–Kier alpha value is -1.53. The number of carbonyl (C=O) groups is 3. The molecule has 2 amide bonds. The molecule has 0 radical (unpaired) electrons. The third-order valence-corrected chi connectivity index (χ3v) is 1.90. The highest BCUT2D eigenvalue weighted by molar-refractivity contribution is 14.2. The number of rotatable bonds is 7. The molecule has 0 atom stereocenters. The van der Waals surface area contributed by atoms with Crippen LogP contribution in [0.5, 0.6) is 0 Å². The van der Waals surface area contributed by atoms with Gasteiger partial charge in [-0.3, -0.25) is 14.4 Å². The van der Waals surface area contributed by atoms with E-state index in [1.165, 1.54) is 4.90 Å². The van der Waals surface area contributed by atoms with Gasteiger partial charge in [-0.15, -0.1) is 9.80 Å². The fraction of sp³-hybridized carbons (Fsp3) is 0.471. The van der Waals surface area contributed by atoms with Crippen molar-refractivity contribution in [2.24, 2.45) is 0 Å². The molecule has 10 heteroatoms. The summed E-state index contributed by atoms with van der Waals surface area (Å²) >= 11 is 1.84. The molecule has 0 rings (SSSR count). The first-order valence-corrected chi connectivity index (χ1v) is 10.7. The van der Waals surface area contributed by atoms with Crippen LogP contribution in [-0.2, 0) is 19.1 Å². The normalized spacial score (nSPS) is 8.07. The summed E-state index contributed by atoms with van der Waals surface area (Å²) in [4.78, 5) is 35.3. The molecular weight excluding hydrogens is 483 g/mol. The van der Waals surface area contributed by atoms with Gasteiger partial charge in [0.2, 0.25) is 0 Å². The van der Waals surface area contributed by atoms with Gasteiger partial charge in [0.15, 0.2) is 6.29 Å². The maximum atomic E-state index is 11.3. The number of allylic oxidation sites excluding steroid dienone is 1. The third-order valence-electron chi connectivity index (χ3n) is 1.90. The van der Waals surface area contributed by atoms with Crippen molar-refractivity contribution in [2.75, 3.05) is 48.9 Å². The summed E-state index contributed by atoms with van der Waals surface area (Å²) in [5, 5.41) is 4.89. The number of nitrogens with one attached hydrogen (secondary N) is 2. The number of carbonyl (C=O) groups excluding carboxylic acids is 3. The summed E-state index contributed by atoms with van der Waals surface area (Å²) in [5.41, 5.74) is 0.203. The first-order valence-electron chi connectivity index (χ1n) is 7.48. The van der Waals surface area contributed by atoms with E-state index in [1.54, 1.807) is 28.1 Å². The minimum Gasteiger partial charge on any atom is -0.491 e. The average Bonchev–Trinajstić information content (AvgIpc) is 2.59. The molecule has 2 N–H and O–H groups in total. The summed E-state index contributed by atoms with van der Waals surface area (Å²) < 4.78 is 4.63. The zero-order chi connectivity index (χ0) is 22.6.